The minimum absolute atomic E-state index is 0.134. The normalized spacial score (nSPS) is 39.6. The molecule has 0 aromatic rings. The van der Waals surface area contributed by atoms with E-state index in [4.69, 9.17) is 0 Å². The van der Waals surface area contributed by atoms with E-state index in [1.54, 1.807) is 0 Å². The van der Waals surface area contributed by atoms with Crippen LogP contribution in [0.4, 0.5) is 0 Å². The summed E-state index contributed by atoms with van der Waals surface area (Å²) < 4.78 is 0. The van der Waals surface area contributed by atoms with Gasteiger partial charge in [0.15, 0.2) is 0 Å². The molecule has 0 radical (unpaired) electrons. The molecule has 3 rings (SSSR count). The molecule has 4 atom stereocenters. The van der Waals surface area contributed by atoms with Gasteiger partial charge in [0.25, 0.3) is 0 Å². The average molecular weight is 280 g/mol. The fourth-order valence-corrected chi connectivity index (χ4v) is 4.61. The fourth-order valence-electron chi connectivity index (χ4n) is 4.61. The first kappa shape index (κ1) is 14.3. The second-order valence-electron chi connectivity index (χ2n) is 6.93. The smallest absolute Gasteiger partial charge is 0.308 e. The maximum atomic E-state index is 11.6. The number of rotatable bonds is 3. The van der Waals surface area contributed by atoms with Crippen molar-refractivity contribution in [3.05, 3.63) is 0 Å². The summed E-state index contributed by atoms with van der Waals surface area (Å²) in [7, 11) is 0. The molecule has 2 heterocycles. The van der Waals surface area contributed by atoms with Gasteiger partial charge < -0.3 is 5.11 Å². The molecule has 0 aromatic heterocycles. The SMILES string of the molecule is CCC1CCC(C(=O)O)C(N2CCN3CCCC3C2)C1. The Bertz CT molecular complexity index is 360. The highest BCUT2D eigenvalue weighted by molar-refractivity contribution is 5.71. The molecule has 3 fully saturated rings. The number of aliphatic carboxylic acids is 1. The standard InChI is InChI=1S/C16H28N2O2/c1-2-12-5-6-14(16(19)20)15(10-12)18-9-8-17-7-3-4-13(17)11-18/h12-15H,2-11H2,1H3,(H,19,20). The van der Waals surface area contributed by atoms with Crippen molar-refractivity contribution < 1.29 is 9.90 Å². The fraction of sp³-hybridized carbons (Fsp3) is 0.938. The summed E-state index contributed by atoms with van der Waals surface area (Å²) in [6.07, 6.45) is 6.91. The average Bonchev–Trinajstić information content (AvgIpc) is 2.93. The van der Waals surface area contributed by atoms with Gasteiger partial charge in [0.1, 0.15) is 0 Å². The third-order valence-electron chi connectivity index (χ3n) is 5.91. The summed E-state index contributed by atoms with van der Waals surface area (Å²) in [6.45, 7) is 6.82. The molecule has 3 aliphatic rings. The Labute approximate surface area is 122 Å². The van der Waals surface area contributed by atoms with E-state index in [0.29, 0.717) is 6.04 Å². The molecule has 0 bridgehead atoms. The summed E-state index contributed by atoms with van der Waals surface area (Å²) in [6, 6.07) is 0.981. The molecule has 2 aliphatic heterocycles. The highest BCUT2D eigenvalue weighted by Gasteiger charge is 2.41. The lowest BCUT2D eigenvalue weighted by atomic mass is 9.76. The quantitative estimate of drug-likeness (QED) is 0.859. The maximum absolute atomic E-state index is 11.6. The summed E-state index contributed by atoms with van der Waals surface area (Å²) in [5.74, 6) is 0.0290. The Hall–Kier alpha value is -0.610. The number of carboxylic acid groups (broad SMARTS) is 1. The van der Waals surface area contributed by atoms with Crippen molar-refractivity contribution >= 4 is 5.97 Å². The van der Waals surface area contributed by atoms with Gasteiger partial charge >= 0.3 is 5.97 Å². The largest absolute Gasteiger partial charge is 0.481 e. The van der Waals surface area contributed by atoms with Crippen LogP contribution in [0.3, 0.4) is 0 Å². The molecule has 1 saturated carbocycles. The van der Waals surface area contributed by atoms with E-state index in [1.807, 2.05) is 0 Å². The third-order valence-corrected chi connectivity index (χ3v) is 5.91. The molecule has 20 heavy (non-hydrogen) atoms. The molecule has 4 heteroatoms. The van der Waals surface area contributed by atoms with Gasteiger partial charge in [-0.1, -0.05) is 13.3 Å². The van der Waals surface area contributed by atoms with E-state index in [0.717, 1.165) is 44.8 Å². The number of piperazine rings is 1. The van der Waals surface area contributed by atoms with Crippen LogP contribution in [-0.4, -0.2) is 59.1 Å². The topological polar surface area (TPSA) is 43.8 Å². The Balaban J connectivity index is 1.69. The second kappa shape index (κ2) is 6.02. The van der Waals surface area contributed by atoms with Crippen molar-refractivity contribution in [2.24, 2.45) is 11.8 Å². The van der Waals surface area contributed by atoms with Gasteiger partial charge in [-0.05, 0) is 44.6 Å². The maximum Gasteiger partial charge on any atom is 0.308 e. The van der Waals surface area contributed by atoms with Crippen LogP contribution in [-0.2, 0) is 4.79 Å². The van der Waals surface area contributed by atoms with E-state index in [1.165, 1.54) is 25.8 Å². The number of carbonyl (C=O) groups is 1. The van der Waals surface area contributed by atoms with Gasteiger partial charge in [0.2, 0.25) is 0 Å². The van der Waals surface area contributed by atoms with Crippen LogP contribution >= 0.6 is 0 Å². The van der Waals surface area contributed by atoms with Crippen LogP contribution in [0.25, 0.3) is 0 Å². The van der Waals surface area contributed by atoms with E-state index >= 15 is 0 Å². The number of nitrogens with zero attached hydrogens (tertiary/aromatic N) is 2. The predicted molar refractivity (Wildman–Crippen MR) is 78.7 cm³/mol. The lowest BCUT2D eigenvalue weighted by Gasteiger charge is -2.46. The molecular weight excluding hydrogens is 252 g/mol. The Kier molecular flexibility index (Phi) is 4.32. The lowest BCUT2D eigenvalue weighted by molar-refractivity contribution is -0.147. The van der Waals surface area contributed by atoms with Gasteiger partial charge in [-0.3, -0.25) is 14.6 Å². The molecule has 1 N–H and O–H groups in total. The van der Waals surface area contributed by atoms with Crippen molar-refractivity contribution in [1.29, 1.82) is 0 Å². The van der Waals surface area contributed by atoms with E-state index in [2.05, 4.69) is 16.7 Å². The Morgan fingerprint density at radius 3 is 2.70 bits per heavy atom. The minimum Gasteiger partial charge on any atom is -0.481 e. The number of hydrogen-bond acceptors (Lipinski definition) is 3. The predicted octanol–water partition coefficient (Wildman–Crippen LogP) is 2.05. The second-order valence-corrected chi connectivity index (χ2v) is 6.93. The minimum atomic E-state index is -0.571. The van der Waals surface area contributed by atoms with Gasteiger partial charge in [-0.15, -0.1) is 0 Å². The number of fused-ring (bicyclic) bond motifs is 1. The molecule has 1 aliphatic carbocycles. The first-order valence-electron chi connectivity index (χ1n) is 8.40. The number of hydrogen-bond donors (Lipinski definition) is 1. The van der Waals surface area contributed by atoms with Crippen molar-refractivity contribution in [3.8, 4) is 0 Å². The van der Waals surface area contributed by atoms with Crippen LogP contribution < -0.4 is 0 Å². The Morgan fingerprint density at radius 1 is 1.15 bits per heavy atom. The van der Waals surface area contributed by atoms with E-state index in [9.17, 15) is 9.90 Å². The third kappa shape index (κ3) is 2.73. The van der Waals surface area contributed by atoms with Gasteiger partial charge in [-0.25, -0.2) is 0 Å². The van der Waals surface area contributed by atoms with Crippen molar-refractivity contribution in [2.75, 3.05) is 26.2 Å². The zero-order valence-electron chi connectivity index (χ0n) is 12.6. The monoisotopic (exact) mass is 280 g/mol. The van der Waals surface area contributed by atoms with Gasteiger partial charge in [0.05, 0.1) is 5.92 Å². The highest BCUT2D eigenvalue weighted by atomic mass is 16.4. The zero-order chi connectivity index (χ0) is 14.1. The van der Waals surface area contributed by atoms with Crippen LogP contribution in [0.1, 0.15) is 45.4 Å². The van der Waals surface area contributed by atoms with E-state index < -0.39 is 5.97 Å². The van der Waals surface area contributed by atoms with Crippen LogP contribution in [0.2, 0.25) is 0 Å². The summed E-state index contributed by atoms with van der Waals surface area (Å²) in [5.41, 5.74) is 0. The van der Waals surface area contributed by atoms with Crippen LogP contribution in [0, 0.1) is 11.8 Å². The molecule has 0 aromatic carbocycles. The number of carboxylic acids is 1. The molecular formula is C16H28N2O2. The molecule has 2 saturated heterocycles. The summed E-state index contributed by atoms with van der Waals surface area (Å²) in [4.78, 5) is 16.7. The highest BCUT2D eigenvalue weighted by Crippen LogP contribution is 2.36. The summed E-state index contributed by atoms with van der Waals surface area (Å²) >= 11 is 0. The van der Waals surface area contributed by atoms with Crippen LogP contribution in [0.15, 0.2) is 0 Å². The van der Waals surface area contributed by atoms with Gasteiger partial charge in [0, 0.05) is 31.7 Å². The van der Waals surface area contributed by atoms with E-state index in [-0.39, 0.29) is 12.0 Å². The molecule has 4 unspecified atom stereocenters. The molecule has 4 nitrogen and oxygen atoms in total. The zero-order valence-corrected chi connectivity index (χ0v) is 12.6. The van der Waals surface area contributed by atoms with Crippen LogP contribution in [0.5, 0.6) is 0 Å². The molecule has 0 spiro atoms. The molecule has 114 valence electrons. The molecule has 0 amide bonds. The van der Waals surface area contributed by atoms with Crippen molar-refractivity contribution in [2.45, 2.75) is 57.5 Å². The lowest BCUT2D eigenvalue weighted by Crippen LogP contribution is -2.57. The first-order chi connectivity index (χ1) is 9.69. The van der Waals surface area contributed by atoms with Crippen molar-refractivity contribution in [3.63, 3.8) is 0 Å². The Morgan fingerprint density at radius 2 is 1.95 bits per heavy atom. The van der Waals surface area contributed by atoms with Crippen molar-refractivity contribution in [1.82, 2.24) is 9.80 Å². The first-order valence-corrected chi connectivity index (χ1v) is 8.40. The summed E-state index contributed by atoms with van der Waals surface area (Å²) in [5, 5.41) is 9.55. The van der Waals surface area contributed by atoms with Gasteiger partial charge in [-0.2, -0.15) is 0 Å².